The van der Waals surface area contributed by atoms with Crippen molar-refractivity contribution in [2.75, 3.05) is 7.11 Å². The van der Waals surface area contributed by atoms with Gasteiger partial charge in [0.1, 0.15) is 23.3 Å². The van der Waals surface area contributed by atoms with E-state index in [1.165, 1.54) is 0 Å². The average Bonchev–Trinajstić information content (AvgIpc) is 3.10. The fourth-order valence-corrected chi connectivity index (χ4v) is 3.74. The summed E-state index contributed by atoms with van der Waals surface area (Å²) in [4.78, 5) is 13.0. The zero-order valence-electron chi connectivity index (χ0n) is 15.3. The molecule has 4 rings (SSSR count). The number of ether oxygens (including phenoxy) is 2. The van der Waals surface area contributed by atoms with Crippen LogP contribution in [0.4, 0.5) is 0 Å². The minimum Gasteiger partial charge on any atom is -0.496 e. The van der Waals surface area contributed by atoms with Crippen LogP contribution in [0.2, 0.25) is 5.02 Å². The van der Waals surface area contributed by atoms with Crippen LogP contribution in [0.1, 0.15) is 29.4 Å². The third-order valence-corrected chi connectivity index (χ3v) is 5.30. The zero-order chi connectivity index (χ0) is 19.0. The van der Waals surface area contributed by atoms with Crippen molar-refractivity contribution in [2.24, 2.45) is 0 Å². The number of nitrogens with zero attached hydrogens (tertiary/aromatic N) is 1. The summed E-state index contributed by atoms with van der Waals surface area (Å²) < 4.78 is 13.4. The van der Waals surface area contributed by atoms with Crippen LogP contribution in [0.15, 0.2) is 42.5 Å². The summed E-state index contributed by atoms with van der Waals surface area (Å²) in [6, 6.07) is 13.2. The van der Waals surface area contributed by atoms with E-state index in [-0.39, 0.29) is 12.0 Å². The second kappa shape index (κ2) is 7.16. The molecule has 0 bridgehead atoms. The Hall–Kier alpha value is -2.66. The first-order chi connectivity index (χ1) is 13.1. The van der Waals surface area contributed by atoms with Crippen molar-refractivity contribution in [3.8, 4) is 11.5 Å². The lowest BCUT2D eigenvalue weighted by Gasteiger charge is -2.26. The molecule has 0 radical (unpaired) electrons. The first kappa shape index (κ1) is 17.7. The van der Waals surface area contributed by atoms with E-state index in [1.54, 1.807) is 7.11 Å². The summed E-state index contributed by atoms with van der Waals surface area (Å²) in [6.07, 6.45) is 0.902. The molecular weight excluding hydrogens is 364 g/mol. The van der Waals surface area contributed by atoms with E-state index in [1.807, 2.05) is 47.0 Å². The molecule has 2 aromatic carbocycles. The van der Waals surface area contributed by atoms with Gasteiger partial charge >= 0.3 is 0 Å². The predicted molar refractivity (Wildman–Crippen MR) is 106 cm³/mol. The lowest BCUT2D eigenvalue weighted by molar-refractivity contribution is 0.0935. The molecule has 27 heavy (non-hydrogen) atoms. The first-order valence-corrected chi connectivity index (χ1v) is 9.38. The van der Waals surface area contributed by atoms with Gasteiger partial charge in [-0.3, -0.25) is 4.79 Å². The summed E-state index contributed by atoms with van der Waals surface area (Å²) in [6.45, 7) is 3.09. The first-order valence-electron chi connectivity index (χ1n) is 9.00. The van der Waals surface area contributed by atoms with Gasteiger partial charge in [0.15, 0.2) is 0 Å². The number of amides is 1. The van der Waals surface area contributed by atoms with Gasteiger partial charge in [-0.2, -0.15) is 0 Å². The molecule has 0 fully saturated rings. The average molecular weight is 385 g/mol. The molecule has 2 heterocycles. The van der Waals surface area contributed by atoms with Crippen LogP contribution in [0, 0.1) is 0 Å². The van der Waals surface area contributed by atoms with Gasteiger partial charge < -0.3 is 19.4 Å². The summed E-state index contributed by atoms with van der Waals surface area (Å²) in [5.74, 6) is 1.39. The van der Waals surface area contributed by atoms with E-state index in [4.69, 9.17) is 21.1 Å². The lowest BCUT2D eigenvalue weighted by Crippen LogP contribution is -2.31. The van der Waals surface area contributed by atoms with Crippen LogP contribution in [-0.2, 0) is 13.1 Å². The molecule has 1 aliphatic heterocycles. The third-order valence-electron chi connectivity index (χ3n) is 4.97. The van der Waals surface area contributed by atoms with Crippen LogP contribution >= 0.6 is 11.6 Å². The van der Waals surface area contributed by atoms with E-state index < -0.39 is 0 Å². The van der Waals surface area contributed by atoms with Gasteiger partial charge in [0, 0.05) is 17.5 Å². The van der Waals surface area contributed by atoms with E-state index in [0.29, 0.717) is 23.8 Å². The van der Waals surface area contributed by atoms with Gasteiger partial charge in [-0.05, 0) is 30.7 Å². The van der Waals surface area contributed by atoms with Crippen LogP contribution in [0.5, 0.6) is 11.5 Å². The number of carbonyl (C=O) groups is 1. The largest absolute Gasteiger partial charge is 0.496 e. The van der Waals surface area contributed by atoms with E-state index >= 15 is 0 Å². The number of benzene rings is 2. The Morgan fingerprint density at radius 1 is 1.33 bits per heavy atom. The number of rotatable bonds is 5. The standard InChI is InChI=1S/C21H21ClN2O3/c1-3-14-12-24-17(10-15-16(22)8-9-19(27-14)20(15)24)21(25)23-11-13-6-4-5-7-18(13)26-2/h4-10,14H,3,11-12H2,1-2H3,(H,23,25)/t14-/m1/s1. The number of aromatic nitrogens is 1. The van der Waals surface area contributed by atoms with Gasteiger partial charge in [-0.1, -0.05) is 36.7 Å². The number of halogens is 1. The number of carbonyl (C=O) groups excluding carboxylic acids is 1. The predicted octanol–water partition coefficient (Wildman–Crippen LogP) is 4.40. The van der Waals surface area contributed by atoms with E-state index in [2.05, 4.69) is 12.2 Å². The second-order valence-electron chi connectivity index (χ2n) is 6.59. The van der Waals surface area contributed by atoms with Crippen LogP contribution < -0.4 is 14.8 Å². The summed E-state index contributed by atoms with van der Waals surface area (Å²) in [5.41, 5.74) is 2.40. The third kappa shape index (κ3) is 3.12. The Balaban J connectivity index is 1.67. The molecule has 3 aromatic rings. The molecule has 1 N–H and O–H groups in total. The molecule has 0 saturated carbocycles. The van der Waals surface area contributed by atoms with Crippen molar-refractivity contribution in [1.82, 2.24) is 9.88 Å². The normalized spacial score (nSPS) is 15.4. The van der Waals surface area contributed by atoms with Crippen molar-refractivity contribution in [1.29, 1.82) is 0 Å². The van der Waals surface area contributed by atoms with Crippen LogP contribution in [0.25, 0.3) is 10.9 Å². The number of methoxy groups -OCH3 is 1. The summed E-state index contributed by atoms with van der Waals surface area (Å²) >= 11 is 6.37. The van der Waals surface area contributed by atoms with Crippen LogP contribution in [-0.4, -0.2) is 23.7 Å². The molecule has 0 spiro atoms. The Kier molecular flexibility index (Phi) is 4.70. The highest BCUT2D eigenvalue weighted by Crippen LogP contribution is 2.38. The highest BCUT2D eigenvalue weighted by molar-refractivity contribution is 6.36. The maximum atomic E-state index is 13.0. The molecule has 6 heteroatoms. The fraction of sp³-hybridized carbons (Fsp3) is 0.286. The molecule has 1 amide bonds. The van der Waals surface area contributed by atoms with Gasteiger partial charge in [-0.15, -0.1) is 0 Å². The minimum atomic E-state index is -0.143. The smallest absolute Gasteiger partial charge is 0.268 e. The highest BCUT2D eigenvalue weighted by Gasteiger charge is 2.27. The van der Waals surface area contributed by atoms with Crippen molar-refractivity contribution in [3.63, 3.8) is 0 Å². The van der Waals surface area contributed by atoms with Crippen molar-refractivity contribution in [3.05, 3.63) is 58.7 Å². The quantitative estimate of drug-likeness (QED) is 0.709. The van der Waals surface area contributed by atoms with E-state index in [0.717, 1.165) is 34.4 Å². The van der Waals surface area contributed by atoms with Gasteiger partial charge in [0.2, 0.25) is 0 Å². The number of nitrogens with one attached hydrogen (secondary N) is 1. The Labute approximate surface area is 162 Å². The van der Waals surface area contributed by atoms with Crippen molar-refractivity contribution in [2.45, 2.75) is 32.5 Å². The minimum absolute atomic E-state index is 0.0371. The van der Waals surface area contributed by atoms with Gasteiger partial charge in [0.25, 0.3) is 5.91 Å². The SMILES string of the molecule is CC[C@@H]1Cn2c(C(=O)NCc3ccccc3OC)cc3c(Cl)ccc(c32)O1. The molecule has 0 unspecified atom stereocenters. The number of hydrogen-bond acceptors (Lipinski definition) is 3. The Morgan fingerprint density at radius 3 is 2.93 bits per heavy atom. The monoisotopic (exact) mass is 384 g/mol. The fourth-order valence-electron chi connectivity index (χ4n) is 3.54. The maximum Gasteiger partial charge on any atom is 0.268 e. The van der Waals surface area contributed by atoms with Crippen molar-refractivity contribution >= 4 is 28.4 Å². The van der Waals surface area contributed by atoms with Crippen LogP contribution in [0.3, 0.4) is 0 Å². The summed E-state index contributed by atoms with van der Waals surface area (Å²) in [7, 11) is 1.62. The van der Waals surface area contributed by atoms with E-state index in [9.17, 15) is 4.79 Å². The Morgan fingerprint density at radius 2 is 2.15 bits per heavy atom. The molecule has 5 nitrogen and oxygen atoms in total. The molecule has 1 atom stereocenters. The van der Waals surface area contributed by atoms with Gasteiger partial charge in [-0.25, -0.2) is 0 Å². The molecule has 140 valence electrons. The maximum absolute atomic E-state index is 13.0. The lowest BCUT2D eigenvalue weighted by atomic mass is 10.2. The number of hydrogen-bond donors (Lipinski definition) is 1. The Bertz CT molecular complexity index is 1010. The highest BCUT2D eigenvalue weighted by atomic mass is 35.5. The molecule has 1 aliphatic rings. The number of para-hydroxylation sites is 1. The zero-order valence-corrected chi connectivity index (χ0v) is 16.0. The van der Waals surface area contributed by atoms with Gasteiger partial charge in [0.05, 0.1) is 24.2 Å². The molecule has 0 saturated heterocycles. The molecule has 0 aliphatic carbocycles. The molecule has 1 aromatic heterocycles. The topological polar surface area (TPSA) is 52.5 Å². The second-order valence-corrected chi connectivity index (χ2v) is 7.00. The van der Waals surface area contributed by atoms with Crippen molar-refractivity contribution < 1.29 is 14.3 Å². The summed E-state index contributed by atoms with van der Waals surface area (Å²) in [5, 5.41) is 4.45. The molecular formula is C21H21ClN2O3.